The Hall–Kier alpha value is 0.276. The molecule has 0 aliphatic heterocycles. The third kappa shape index (κ3) is 3.45. The summed E-state index contributed by atoms with van der Waals surface area (Å²) >= 11 is 0. The molecule has 0 atom stereocenters. The summed E-state index contributed by atoms with van der Waals surface area (Å²) in [4.78, 5) is 0. The minimum Gasteiger partial charge on any atom is -1.00 e. The minimum absolute atomic E-state index is 0. The maximum absolute atomic E-state index is 3.00. The van der Waals surface area contributed by atoms with Gasteiger partial charge in [0.05, 0.1) is 0 Å². The molecule has 2 heteroatoms. The van der Waals surface area contributed by atoms with E-state index in [1.807, 2.05) is 12.1 Å². The molecule has 0 fully saturated rings. The van der Waals surface area contributed by atoms with Crippen LogP contribution in [-0.2, 0) is 0 Å². The van der Waals surface area contributed by atoms with Crippen LogP contribution in [0.1, 0.15) is 11.1 Å². The molecule has 10 heavy (non-hydrogen) atoms. The van der Waals surface area contributed by atoms with Gasteiger partial charge in [-0.1, -0.05) is 13.8 Å². The normalized spacial score (nSPS) is 7.40. The summed E-state index contributed by atoms with van der Waals surface area (Å²) in [6.07, 6.45) is 0. The van der Waals surface area contributed by atoms with E-state index in [1.165, 1.54) is 11.1 Å². The van der Waals surface area contributed by atoms with Gasteiger partial charge >= 0.3 is 23.1 Å². The summed E-state index contributed by atoms with van der Waals surface area (Å²) in [5, 5.41) is 0. The number of halogens is 1. The second-order valence-corrected chi connectivity index (χ2v) is 2.01. The van der Waals surface area contributed by atoms with Crippen LogP contribution < -0.4 is 12.4 Å². The Morgan fingerprint density at radius 1 is 1.20 bits per heavy atom. The summed E-state index contributed by atoms with van der Waals surface area (Å²) in [7, 11) is 0. The van der Waals surface area contributed by atoms with Gasteiger partial charge in [0.15, 0.2) is 0 Å². The Morgan fingerprint density at radius 3 is 2.10 bits per heavy atom. The Labute approximate surface area is 84.6 Å². The quantitative estimate of drug-likeness (QED) is 0.332. The molecule has 0 aliphatic rings. The summed E-state index contributed by atoms with van der Waals surface area (Å²) in [5.41, 5.74) is 2.65. The molecule has 0 radical (unpaired) electrons. The van der Waals surface area contributed by atoms with Crippen LogP contribution in [0.15, 0.2) is 18.2 Å². The Kier molecular flexibility index (Phi) is 7.77. The first-order valence-corrected chi connectivity index (χ1v) is 2.74. The van der Waals surface area contributed by atoms with Crippen molar-refractivity contribution in [3.8, 4) is 0 Å². The molecule has 0 aromatic heterocycles. The molecule has 0 N–H and O–H groups in total. The topological polar surface area (TPSA) is 0 Å². The molecule has 50 valence electrons. The van der Waals surface area contributed by atoms with Crippen LogP contribution in [0.2, 0.25) is 0 Å². The summed E-state index contributed by atoms with van der Waals surface area (Å²) in [6.45, 7) is 4.19. The third-order valence-electron chi connectivity index (χ3n) is 1.35. The van der Waals surface area contributed by atoms with E-state index >= 15 is 0 Å². The molecule has 1 aromatic carbocycles. The molecule has 0 saturated heterocycles. The number of hydrogen-bond donors (Lipinski definition) is 0. The van der Waals surface area contributed by atoms with Crippen molar-refractivity contribution in [2.24, 2.45) is 0 Å². The second kappa shape index (κ2) is 6.02. The Morgan fingerprint density at radius 2 is 1.80 bits per heavy atom. The largest absolute Gasteiger partial charge is 2.00 e. The molecule has 0 aliphatic carbocycles. The first kappa shape index (κ1) is 12.9. The van der Waals surface area contributed by atoms with Gasteiger partial charge < -0.3 is 12.4 Å². The predicted octanol–water partition coefficient (Wildman–Crippen LogP) is -1.27. The van der Waals surface area contributed by atoms with Crippen molar-refractivity contribution in [3.63, 3.8) is 0 Å². The van der Waals surface area contributed by atoms with Crippen LogP contribution in [0, 0.1) is 19.9 Å². The van der Waals surface area contributed by atoms with E-state index in [0.29, 0.717) is 0 Å². The maximum Gasteiger partial charge on any atom is 2.00 e. The fourth-order valence-corrected chi connectivity index (χ4v) is 0.592. The fourth-order valence-electron chi connectivity index (χ4n) is 0.592. The molecule has 1 aromatic rings. The van der Waals surface area contributed by atoms with Crippen molar-refractivity contribution in [2.75, 3.05) is 0 Å². The summed E-state index contributed by atoms with van der Waals surface area (Å²) < 4.78 is 0. The van der Waals surface area contributed by atoms with Crippen molar-refractivity contribution in [1.82, 2.24) is 0 Å². The standard InChI is InChI=1S/C8H9.ClH.Mg/c1-7-5-3-4-6-8(7)2;;/h3,5-6H,1-2H3;1H;/q-1;;+2/p-1. The second-order valence-electron chi connectivity index (χ2n) is 2.01. The zero-order chi connectivity index (χ0) is 5.98. The van der Waals surface area contributed by atoms with Crippen LogP contribution >= 0.6 is 0 Å². The van der Waals surface area contributed by atoms with Crippen LogP contribution in [0.4, 0.5) is 0 Å². The van der Waals surface area contributed by atoms with E-state index < -0.39 is 0 Å². The van der Waals surface area contributed by atoms with Crippen LogP contribution in [-0.4, -0.2) is 23.1 Å². The Balaban J connectivity index is 0. The van der Waals surface area contributed by atoms with E-state index in [2.05, 4.69) is 26.0 Å². The van der Waals surface area contributed by atoms with Crippen molar-refractivity contribution < 1.29 is 12.4 Å². The molecule has 0 bridgehead atoms. The van der Waals surface area contributed by atoms with Gasteiger partial charge in [0.25, 0.3) is 0 Å². The van der Waals surface area contributed by atoms with E-state index in [9.17, 15) is 0 Å². The molecule has 0 saturated carbocycles. The average molecular weight is 165 g/mol. The van der Waals surface area contributed by atoms with Crippen LogP contribution in [0.25, 0.3) is 0 Å². The monoisotopic (exact) mass is 164 g/mol. The fraction of sp³-hybridized carbons (Fsp3) is 0.250. The van der Waals surface area contributed by atoms with Crippen molar-refractivity contribution >= 4 is 23.1 Å². The van der Waals surface area contributed by atoms with Gasteiger partial charge in [0, 0.05) is 0 Å². The van der Waals surface area contributed by atoms with Gasteiger partial charge in [-0.2, -0.15) is 35.4 Å². The predicted molar refractivity (Wildman–Crippen MR) is 40.5 cm³/mol. The van der Waals surface area contributed by atoms with E-state index in [1.54, 1.807) is 0 Å². The molecular weight excluding hydrogens is 156 g/mol. The molecule has 0 heterocycles. The summed E-state index contributed by atoms with van der Waals surface area (Å²) in [6, 6.07) is 8.99. The third-order valence-corrected chi connectivity index (χ3v) is 1.35. The molecule has 0 nitrogen and oxygen atoms in total. The molecule has 1 rings (SSSR count). The maximum atomic E-state index is 3.00. The van der Waals surface area contributed by atoms with Crippen molar-refractivity contribution in [1.29, 1.82) is 0 Å². The van der Waals surface area contributed by atoms with Crippen LogP contribution in [0.5, 0.6) is 0 Å². The first-order chi connectivity index (χ1) is 3.80. The van der Waals surface area contributed by atoms with Gasteiger partial charge in [-0.25, -0.2) is 0 Å². The first-order valence-electron chi connectivity index (χ1n) is 2.74. The van der Waals surface area contributed by atoms with E-state index in [4.69, 9.17) is 0 Å². The zero-order valence-corrected chi connectivity index (χ0v) is 8.49. The smallest absolute Gasteiger partial charge is 1.00 e. The Bertz CT molecular complexity index is 165. The van der Waals surface area contributed by atoms with Gasteiger partial charge in [-0.15, -0.1) is 0 Å². The number of hydrogen-bond acceptors (Lipinski definition) is 0. The number of benzene rings is 1. The van der Waals surface area contributed by atoms with Crippen molar-refractivity contribution in [2.45, 2.75) is 13.8 Å². The summed E-state index contributed by atoms with van der Waals surface area (Å²) in [5.74, 6) is 0. The molecule has 0 amide bonds. The number of rotatable bonds is 0. The molecule has 0 unspecified atom stereocenters. The minimum atomic E-state index is 0. The van der Waals surface area contributed by atoms with Gasteiger partial charge in [0.1, 0.15) is 0 Å². The SMILES string of the molecule is Cc1c[c-]ccc1C.[Cl-].[Mg+2]. The average Bonchev–Trinajstić information content (AvgIpc) is 1.77. The van der Waals surface area contributed by atoms with E-state index in [0.717, 1.165) is 0 Å². The number of aryl methyl sites for hydroxylation is 2. The van der Waals surface area contributed by atoms with Gasteiger partial charge in [0.2, 0.25) is 0 Å². The van der Waals surface area contributed by atoms with Gasteiger partial charge in [-0.05, 0) is 0 Å². The van der Waals surface area contributed by atoms with Crippen molar-refractivity contribution in [3.05, 3.63) is 35.4 Å². The molecular formula is C8H9ClMg. The molecule has 0 spiro atoms. The van der Waals surface area contributed by atoms with Crippen LogP contribution in [0.3, 0.4) is 0 Å². The van der Waals surface area contributed by atoms with E-state index in [-0.39, 0.29) is 35.5 Å². The van der Waals surface area contributed by atoms with Gasteiger partial charge in [-0.3, -0.25) is 0 Å². The zero-order valence-electron chi connectivity index (χ0n) is 6.32.